The van der Waals surface area contributed by atoms with Gasteiger partial charge in [-0.05, 0) is 12.5 Å². The van der Waals surface area contributed by atoms with Crippen LogP contribution in [-0.4, -0.2) is 39.6 Å². The Morgan fingerprint density at radius 1 is 1.52 bits per heavy atom. The van der Waals surface area contributed by atoms with E-state index < -0.39 is 11.7 Å². The molecule has 0 unspecified atom stereocenters. The van der Waals surface area contributed by atoms with Gasteiger partial charge in [0.2, 0.25) is 0 Å². The highest BCUT2D eigenvalue weighted by atomic mass is 19.1. The molecule has 0 aliphatic rings. The number of nitrogens with zero attached hydrogens (tertiary/aromatic N) is 3. The lowest BCUT2D eigenvalue weighted by atomic mass is 10.2. The average Bonchev–Trinajstić information content (AvgIpc) is 2.98. The first kappa shape index (κ1) is 15.0. The maximum absolute atomic E-state index is 14.3. The van der Waals surface area contributed by atoms with Crippen molar-refractivity contribution in [2.75, 3.05) is 18.9 Å². The van der Waals surface area contributed by atoms with Crippen LogP contribution < -0.4 is 5.32 Å². The standard InChI is InChI=1S/C14H18FN5O/c1-3-5-16-13-12(15)11(4-6-17-13)14(21)20(2)9-10-7-18-19-8-10/h4,6-8H,3,5,9H2,1-2H3,(H,16,17)(H,18,19). The lowest BCUT2D eigenvalue weighted by Gasteiger charge is -2.17. The monoisotopic (exact) mass is 291 g/mol. The zero-order chi connectivity index (χ0) is 15.2. The normalized spacial score (nSPS) is 10.4. The van der Waals surface area contributed by atoms with Crippen LogP contribution in [0.2, 0.25) is 0 Å². The number of aromatic nitrogens is 3. The lowest BCUT2D eigenvalue weighted by Crippen LogP contribution is -2.27. The Morgan fingerprint density at radius 3 is 3.00 bits per heavy atom. The summed E-state index contributed by atoms with van der Waals surface area (Å²) in [5.41, 5.74) is 0.860. The summed E-state index contributed by atoms with van der Waals surface area (Å²) in [6.07, 6.45) is 5.60. The molecule has 2 rings (SSSR count). The molecule has 0 saturated heterocycles. The molecule has 7 heteroatoms. The molecule has 0 saturated carbocycles. The summed E-state index contributed by atoms with van der Waals surface area (Å²) in [6.45, 7) is 2.93. The summed E-state index contributed by atoms with van der Waals surface area (Å²) in [4.78, 5) is 17.7. The van der Waals surface area contributed by atoms with E-state index in [2.05, 4.69) is 20.5 Å². The summed E-state index contributed by atoms with van der Waals surface area (Å²) in [6, 6.07) is 1.39. The maximum atomic E-state index is 14.3. The second-order valence-electron chi connectivity index (χ2n) is 4.72. The van der Waals surface area contributed by atoms with Crippen LogP contribution in [0.4, 0.5) is 10.2 Å². The molecule has 0 fully saturated rings. The Bertz CT molecular complexity index is 599. The number of carbonyl (C=O) groups excluding carboxylic acids is 1. The van der Waals surface area contributed by atoms with Gasteiger partial charge in [0.15, 0.2) is 11.6 Å². The van der Waals surface area contributed by atoms with Crippen molar-refractivity contribution in [1.29, 1.82) is 0 Å². The van der Waals surface area contributed by atoms with Gasteiger partial charge in [0, 0.05) is 38.1 Å². The van der Waals surface area contributed by atoms with Crippen LogP contribution in [0, 0.1) is 5.82 Å². The van der Waals surface area contributed by atoms with Crippen LogP contribution in [0.5, 0.6) is 0 Å². The van der Waals surface area contributed by atoms with Gasteiger partial charge in [-0.25, -0.2) is 9.37 Å². The zero-order valence-corrected chi connectivity index (χ0v) is 12.1. The number of H-pyrrole nitrogens is 1. The topological polar surface area (TPSA) is 73.9 Å². The van der Waals surface area contributed by atoms with Crippen LogP contribution in [0.15, 0.2) is 24.7 Å². The molecule has 0 atom stereocenters. The molecule has 0 aromatic carbocycles. The van der Waals surface area contributed by atoms with Crippen molar-refractivity contribution < 1.29 is 9.18 Å². The van der Waals surface area contributed by atoms with Gasteiger partial charge in [0.1, 0.15) is 0 Å². The minimum atomic E-state index is -0.616. The number of amides is 1. The number of halogens is 1. The second-order valence-corrected chi connectivity index (χ2v) is 4.72. The van der Waals surface area contributed by atoms with E-state index in [0.717, 1.165) is 12.0 Å². The highest BCUT2D eigenvalue weighted by Gasteiger charge is 2.19. The van der Waals surface area contributed by atoms with Crippen molar-refractivity contribution in [2.24, 2.45) is 0 Å². The largest absolute Gasteiger partial charge is 0.368 e. The van der Waals surface area contributed by atoms with E-state index in [9.17, 15) is 9.18 Å². The minimum Gasteiger partial charge on any atom is -0.368 e. The van der Waals surface area contributed by atoms with E-state index in [1.165, 1.54) is 17.2 Å². The molecule has 1 amide bonds. The molecular formula is C14H18FN5O. The minimum absolute atomic E-state index is 0.00889. The van der Waals surface area contributed by atoms with Crippen LogP contribution in [0.25, 0.3) is 0 Å². The highest BCUT2D eigenvalue weighted by Crippen LogP contribution is 2.17. The van der Waals surface area contributed by atoms with Gasteiger partial charge in [-0.3, -0.25) is 9.89 Å². The number of hydrogen-bond acceptors (Lipinski definition) is 4. The van der Waals surface area contributed by atoms with E-state index in [1.807, 2.05) is 6.92 Å². The lowest BCUT2D eigenvalue weighted by molar-refractivity contribution is 0.0780. The van der Waals surface area contributed by atoms with Gasteiger partial charge in [0.25, 0.3) is 5.91 Å². The smallest absolute Gasteiger partial charge is 0.257 e. The number of pyridine rings is 1. The van der Waals surface area contributed by atoms with E-state index in [0.29, 0.717) is 13.1 Å². The number of hydrogen-bond donors (Lipinski definition) is 2. The summed E-state index contributed by atoms with van der Waals surface area (Å²) in [5, 5.41) is 9.36. The van der Waals surface area contributed by atoms with Crippen molar-refractivity contribution in [3.8, 4) is 0 Å². The molecule has 2 N–H and O–H groups in total. The van der Waals surface area contributed by atoms with Gasteiger partial charge in [0.05, 0.1) is 11.8 Å². The highest BCUT2D eigenvalue weighted by molar-refractivity contribution is 5.95. The summed E-state index contributed by atoms with van der Waals surface area (Å²) in [5.74, 6) is -0.898. The molecule has 6 nitrogen and oxygen atoms in total. The first-order valence-electron chi connectivity index (χ1n) is 6.75. The van der Waals surface area contributed by atoms with E-state index in [-0.39, 0.29) is 11.4 Å². The van der Waals surface area contributed by atoms with Crippen molar-refractivity contribution in [3.05, 3.63) is 41.6 Å². The molecule has 0 bridgehead atoms. The van der Waals surface area contributed by atoms with Crippen molar-refractivity contribution in [1.82, 2.24) is 20.1 Å². The number of carbonyl (C=O) groups is 1. The van der Waals surface area contributed by atoms with Crippen molar-refractivity contribution >= 4 is 11.7 Å². The molecule has 112 valence electrons. The quantitative estimate of drug-likeness (QED) is 0.854. The van der Waals surface area contributed by atoms with E-state index in [4.69, 9.17) is 0 Å². The van der Waals surface area contributed by atoms with Crippen LogP contribution >= 0.6 is 0 Å². The first-order chi connectivity index (χ1) is 10.1. The number of aromatic amines is 1. The van der Waals surface area contributed by atoms with Gasteiger partial charge in [-0.1, -0.05) is 6.92 Å². The summed E-state index contributed by atoms with van der Waals surface area (Å²) in [7, 11) is 1.62. The SMILES string of the molecule is CCCNc1nccc(C(=O)N(C)Cc2cn[nH]c2)c1F. The number of anilines is 1. The average molecular weight is 291 g/mol. The molecule has 0 aliphatic heterocycles. The van der Waals surface area contributed by atoms with Gasteiger partial charge in [-0.2, -0.15) is 5.10 Å². The molecule has 2 aromatic rings. The summed E-state index contributed by atoms with van der Waals surface area (Å²) >= 11 is 0. The van der Waals surface area contributed by atoms with Gasteiger partial charge >= 0.3 is 0 Å². The molecule has 21 heavy (non-hydrogen) atoms. The second kappa shape index (κ2) is 6.83. The fourth-order valence-electron chi connectivity index (χ4n) is 1.89. The zero-order valence-electron chi connectivity index (χ0n) is 12.1. The first-order valence-corrected chi connectivity index (χ1v) is 6.75. The van der Waals surface area contributed by atoms with Gasteiger partial charge < -0.3 is 10.2 Å². The molecule has 2 heterocycles. The number of nitrogens with one attached hydrogen (secondary N) is 2. The fraction of sp³-hybridized carbons (Fsp3) is 0.357. The Labute approximate surface area is 122 Å². The van der Waals surface area contributed by atoms with Crippen LogP contribution in [-0.2, 0) is 6.54 Å². The third-order valence-corrected chi connectivity index (χ3v) is 2.98. The van der Waals surface area contributed by atoms with Crippen molar-refractivity contribution in [2.45, 2.75) is 19.9 Å². The maximum Gasteiger partial charge on any atom is 0.257 e. The van der Waals surface area contributed by atoms with Crippen molar-refractivity contribution in [3.63, 3.8) is 0 Å². The van der Waals surface area contributed by atoms with Crippen LogP contribution in [0.1, 0.15) is 29.3 Å². The Hall–Kier alpha value is -2.44. The third kappa shape index (κ3) is 3.56. The Balaban J connectivity index is 2.14. The van der Waals surface area contributed by atoms with E-state index in [1.54, 1.807) is 19.4 Å². The van der Waals surface area contributed by atoms with Crippen LogP contribution in [0.3, 0.4) is 0 Å². The molecule has 0 radical (unpaired) electrons. The summed E-state index contributed by atoms with van der Waals surface area (Å²) < 4.78 is 14.3. The Kier molecular flexibility index (Phi) is 4.86. The Morgan fingerprint density at radius 2 is 2.33 bits per heavy atom. The number of rotatable bonds is 6. The molecule has 0 aliphatic carbocycles. The van der Waals surface area contributed by atoms with Gasteiger partial charge in [-0.15, -0.1) is 0 Å². The predicted octanol–water partition coefficient (Wildman–Crippen LogP) is 2.04. The molecule has 2 aromatic heterocycles. The molecule has 0 spiro atoms. The third-order valence-electron chi connectivity index (χ3n) is 2.98. The fourth-order valence-corrected chi connectivity index (χ4v) is 1.89. The molecular weight excluding hydrogens is 273 g/mol. The van der Waals surface area contributed by atoms with E-state index >= 15 is 0 Å². The predicted molar refractivity (Wildman–Crippen MR) is 77.4 cm³/mol.